The molecule has 0 spiro atoms. The number of hydrogen-bond acceptors (Lipinski definition) is 4. The fourth-order valence-electron chi connectivity index (χ4n) is 2.60. The van der Waals surface area contributed by atoms with Gasteiger partial charge in [-0.1, -0.05) is 18.2 Å². The minimum Gasteiger partial charge on any atom is -0.493 e. The first-order chi connectivity index (χ1) is 10.7. The number of morpholine rings is 1. The molecule has 6 heteroatoms. The monoisotopic (exact) mass is 340 g/mol. The highest BCUT2D eigenvalue weighted by atomic mass is 35.5. The maximum Gasteiger partial charge on any atom is 0.240 e. The lowest BCUT2D eigenvalue weighted by Gasteiger charge is -2.29. The Morgan fingerprint density at radius 1 is 1.39 bits per heavy atom. The molecule has 2 atom stereocenters. The summed E-state index contributed by atoms with van der Waals surface area (Å²) < 4.78 is 11.4. The van der Waals surface area contributed by atoms with E-state index in [4.69, 9.17) is 9.47 Å². The van der Waals surface area contributed by atoms with E-state index in [2.05, 4.69) is 10.6 Å². The van der Waals surface area contributed by atoms with Gasteiger partial charge in [0.05, 0.1) is 19.3 Å². The zero-order chi connectivity index (χ0) is 15.4. The van der Waals surface area contributed by atoms with E-state index in [1.54, 1.807) is 0 Å². The van der Waals surface area contributed by atoms with Gasteiger partial charge < -0.3 is 20.1 Å². The van der Waals surface area contributed by atoms with Crippen LogP contribution in [0.4, 0.5) is 0 Å². The van der Waals surface area contributed by atoms with Crippen LogP contribution in [0, 0.1) is 5.92 Å². The fourth-order valence-corrected chi connectivity index (χ4v) is 2.60. The van der Waals surface area contributed by atoms with E-state index < -0.39 is 0 Å². The Bertz CT molecular complexity index is 522. The number of hydrogen-bond donors (Lipinski definition) is 2. The molecule has 23 heavy (non-hydrogen) atoms. The van der Waals surface area contributed by atoms with Crippen molar-refractivity contribution in [2.24, 2.45) is 5.92 Å². The number of carbonyl (C=O) groups is 1. The van der Waals surface area contributed by atoms with E-state index >= 15 is 0 Å². The number of halogens is 1. The van der Waals surface area contributed by atoms with Crippen molar-refractivity contribution in [2.75, 3.05) is 19.8 Å². The number of para-hydroxylation sites is 1. The lowest BCUT2D eigenvalue weighted by molar-refractivity contribution is -0.129. The second-order valence-electron chi connectivity index (χ2n) is 6.09. The third-order valence-electron chi connectivity index (χ3n) is 4.20. The Morgan fingerprint density at radius 3 is 2.91 bits per heavy atom. The maximum atomic E-state index is 12.3. The van der Waals surface area contributed by atoms with Crippen molar-refractivity contribution < 1.29 is 14.3 Å². The predicted molar refractivity (Wildman–Crippen MR) is 91.0 cm³/mol. The van der Waals surface area contributed by atoms with Crippen LogP contribution in [0.1, 0.15) is 25.3 Å². The van der Waals surface area contributed by atoms with E-state index in [9.17, 15) is 4.79 Å². The van der Waals surface area contributed by atoms with Gasteiger partial charge in [0, 0.05) is 18.7 Å². The van der Waals surface area contributed by atoms with Crippen molar-refractivity contribution in [3.63, 3.8) is 0 Å². The van der Waals surface area contributed by atoms with Crippen molar-refractivity contribution >= 4 is 18.3 Å². The average Bonchev–Trinajstić information content (AvgIpc) is 3.36. The van der Waals surface area contributed by atoms with E-state index in [1.807, 2.05) is 31.2 Å². The molecule has 2 aliphatic rings. The van der Waals surface area contributed by atoms with Gasteiger partial charge in [-0.3, -0.25) is 4.79 Å². The summed E-state index contributed by atoms with van der Waals surface area (Å²) in [4.78, 5) is 12.3. The molecule has 128 valence electrons. The molecule has 1 amide bonds. The highest BCUT2D eigenvalue weighted by molar-refractivity contribution is 5.85. The first-order valence-corrected chi connectivity index (χ1v) is 8.07. The van der Waals surface area contributed by atoms with Crippen LogP contribution in [-0.4, -0.2) is 37.8 Å². The summed E-state index contributed by atoms with van der Waals surface area (Å²) in [7, 11) is 0. The molecular weight excluding hydrogens is 316 g/mol. The quantitative estimate of drug-likeness (QED) is 0.830. The zero-order valence-electron chi connectivity index (χ0n) is 13.4. The Morgan fingerprint density at radius 2 is 2.17 bits per heavy atom. The standard InChI is InChI=1S/C17H24N2O3.ClH/c1-12-16(18-8-9-21-12)17(20)19-10-14-4-2-3-5-15(14)22-11-13-6-7-13;/h2-5,12-13,16,18H,6-11H2,1H3,(H,19,20);1H/t12-,16+;/m1./s1. The van der Waals surface area contributed by atoms with E-state index in [0.717, 1.165) is 17.9 Å². The van der Waals surface area contributed by atoms with E-state index in [1.165, 1.54) is 12.8 Å². The largest absolute Gasteiger partial charge is 0.493 e. The molecule has 1 saturated heterocycles. The molecule has 1 aliphatic heterocycles. The summed E-state index contributed by atoms with van der Waals surface area (Å²) in [6.07, 6.45) is 2.43. The Hall–Kier alpha value is -1.30. The molecule has 0 aromatic heterocycles. The average molecular weight is 341 g/mol. The van der Waals surface area contributed by atoms with Crippen molar-refractivity contribution in [1.29, 1.82) is 0 Å². The van der Waals surface area contributed by atoms with Crippen LogP contribution in [-0.2, 0) is 16.1 Å². The zero-order valence-corrected chi connectivity index (χ0v) is 14.2. The lowest BCUT2D eigenvalue weighted by atomic mass is 10.1. The molecule has 0 radical (unpaired) electrons. The normalized spacial score (nSPS) is 23.7. The summed E-state index contributed by atoms with van der Waals surface area (Å²) in [6, 6.07) is 7.61. The minimum absolute atomic E-state index is 0. The summed E-state index contributed by atoms with van der Waals surface area (Å²) in [6.45, 7) is 4.54. The molecule has 1 aromatic rings. The number of ether oxygens (including phenoxy) is 2. The van der Waals surface area contributed by atoms with Gasteiger partial charge in [0.1, 0.15) is 11.8 Å². The van der Waals surface area contributed by atoms with Gasteiger partial charge in [-0.2, -0.15) is 0 Å². The van der Waals surface area contributed by atoms with E-state index in [0.29, 0.717) is 25.6 Å². The van der Waals surface area contributed by atoms with Gasteiger partial charge in [0.15, 0.2) is 0 Å². The highest BCUT2D eigenvalue weighted by Crippen LogP contribution is 2.30. The van der Waals surface area contributed by atoms with Crippen molar-refractivity contribution in [3.8, 4) is 5.75 Å². The molecule has 1 heterocycles. The molecule has 0 unspecified atom stereocenters. The minimum atomic E-state index is -0.284. The first-order valence-electron chi connectivity index (χ1n) is 8.07. The first kappa shape index (κ1) is 18.0. The SMILES string of the molecule is C[C@H]1OCCN[C@@H]1C(=O)NCc1ccccc1OCC1CC1.Cl. The maximum absolute atomic E-state index is 12.3. The smallest absolute Gasteiger partial charge is 0.240 e. The van der Waals surface area contributed by atoms with Gasteiger partial charge in [-0.05, 0) is 31.7 Å². The van der Waals surface area contributed by atoms with Crippen LogP contribution >= 0.6 is 12.4 Å². The van der Waals surface area contributed by atoms with Crippen LogP contribution in [0.25, 0.3) is 0 Å². The Labute approximate surface area is 143 Å². The molecule has 0 bridgehead atoms. The number of nitrogens with one attached hydrogen (secondary N) is 2. The van der Waals surface area contributed by atoms with Gasteiger partial charge in [-0.25, -0.2) is 0 Å². The van der Waals surface area contributed by atoms with E-state index in [-0.39, 0.29) is 30.5 Å². The highest BCUT2D eigenvalue weighted by Gasteiger charge is 2.28. The second kappa shape index (κ2) is 8.52. The summed E-state index contributed by atoms with van der Waals surface area (Å²) in [5, 5.41) is 6.18. The number of benzene rings is 1. The third kappa shape index (κ3) is 5.09. The van der Waals surface area contributed by atoms with Gasteiger partial charge >= 0.3 is 0 Å². The van der Waals surface area contributed by atoms with Crippen LogP contribution < -0.4 is 15.4 Å². The number of carbonyl (C=O) groups excluding carboxylic acids is 1. The molecule has 1 aromatic carbocycles. The van der Waals surface area contributed by atoms with Gasteiger partial charge in [0.2, 0.25) is 5.91 Å². The van der Waals surface area contributed by atoms with Crippen molar-refractivity contribution in [1.82, 2.24) is 10.6 Å². The Kier molecular flexibility index (Phi) is 6.69. The van der Waals surface area contributed by atoms with Crippen LogP contribution in [0.3, 0.4) is 0 Å². The molecular formula is C17H25ClN2O3. The lowest BCUT2D eigenvalue weighted by Crippen LogP contribution is -2.55. The molecule has 3 rings (SSSR count). The molecule has 1 saturated carbocycles. The topological polar surface area (TPSA) is 59.6 Å². The third-order valence-corrected chi connectivity index (χ3v) is 4.20. The second-order valence-corrected chi connectivity index (χ2v) is 6.09. The van der Waals surface area contributed by atoms with Crippen molar-refractivity contribution in [3.05, 3.63) is 29.8 Å². The fraction of sp³-hybridized carbons (Fsp3) is 0.588. The molecule has 5 nitrogen and oxygen atoms in total. The number of rotatable bonds is 6. The van der Waals surface area contributed by atoms with Crippen LogP contribution in [0.2, 0.25) is 0 Å². The van der Waals surface area contributed by atoms with Gasteiger partial charge in [-0.15, -0.1) is 12.4 Å². The van der Waals surface area contributed by atoms with Crippen LogP contribution in [0.15, 0.2) is 24.3 Å². The molecule has 2 fully saturated rings. The van der Waals surface area contributed by atoms with Gasteiger partial charge in [0.25, 0.3) is 0 Å². The summed E-state index contributed by atoms with van der Waals surface area (Å²) >= 11 is 0. The summed E-state index contributed by atoms with van der Waals surface area (Å²) in [5.74, 6) is 1.56. The Balaban J connectivity index is 0.00000192. The number of amides is 1. The molecule has 1 aliphatic carbocycles. The van der Waals surface area contributed by atoms with Crippen molar-refractivity contribution in [2.45, 2.75) is 38.5 Å². The molecule has 2 N–H and O–H groups in total. The van der Waals surface area contributed by atoms with Crippen LogP contribution in [0.5, 0.6) is 5.75 Å². The summed E-state index contributed by atoms with van der Waals surface area (Å²) in [5.41, 5.74) is 1.01. The predicted octanol–water partition coefficient (Wildman–Crippen LogP) is 1.89.